The van der Waals surface area contributed by atoms with E-state index in [2.05, 4.69) is 10.3 Å². The quantitative estimate of drug-likeness (QED) is 0.916. The summed E-state index contributed by atoms with van der Waals surface area (Å²) in [7, 11) is 0. The molecule has 6 heteroatoms. The number of amides is 1. The first-order valence-corrected chi connectivity index (χ1v) is 6.48. The van der Waals surface area contributed by atoms with Crippen LogP contribution in [-0.4, -0.2) is 15.5 Å². The standard InChI is InChI=1S/C15H14N4O2/c1-2-12-7-15(21)19(10-17-12)9-14(20)18-13-6-4-3-5-11(13)8-16/h3-7,10H,2,9H2,1H3,(H,18,20). The number of rotatable bonds is 4. The zero-order valence-corrected chi connectivity index (χ0v) is 11.5. The fourth-order valence-electron chi connectivity index (χ4n) is 1.81. The minimum atomic E-state index is -0.383. The highest BCUT2D eigenvalue weighted by atomic mass is 16.2. The summed E-state index contributed by atoms with van der Waals surface area (Å²) in [4.78, 5) is 27.8. The number of carbonyl (C=O) groups excluding carboxylic acids is 1. The van der Waals surface area contributed by atoms with Crippen molar-refractivity contribution in [1.29, 1.82) is 5.26 Å². The van der Waals surface area contributed by atoms with Crippen LogP contribution in [0.5, 0.6) is 0 Å². The van der Waals surface area contributed by atoms with E-state index in [1.807, 2.05) is 13.0 Å². The molecule has 21 heavy (non-hydrogen) atoms. The molecule has 6 nitrogen and oxygen atoms in total. The van der Waals surface area contributed by atoms with Crippen LogP contribution in [0.4, 0.5) is 5.69 Å². The van der Waals surface area contributed by atoms with E-state index < -0.39 is 0 Å². The van der Waals surface area contributed by atoms with Crippen LogP contribution in [0, 0.1) is 11.3 Å². The monoisotopic (exact) mass is 282 g/mol. The Balaban J connectivity index is 2.12. The van der Waals surface area contributed by atoms with Gasteiger partial charge in [0.1, 0.15) is 12.6 Å². The average Bonchev–Trinajstić information content (AvgIpc) is 2.49. The number of para-hydroxylation sites is 1. The number of aromatic nitrogens is 2. The molecule has 0 saturated carbocycles. The molecule has 0 fully saturated rings. The minimum absolute atomic E-state index is 0.143. The summed E-state index contributed by atoms with van der Waals surface area (Å²) < 4.78 is 1.23. The molecule has 1 aromatic heterocycles. The third kappa shape index (κ3) is 3.54. The van der Waals surface area contributed by atoms with E-state index in [4.69, 9.17) is 5.26 Å². The van der Waals surface area contributed by atoms with Gasteiger partial charge in [-0.15, -0.1) is 0 Å². The Morgan fingerprint density at radius 3 is 2.86 bits per heavy atom. The van der Waals surface area contributed by atoms with Crippen LogP contribution < -0.4 is 10.9 Å². The molecule has 1 amide bonds. The molecule has 1 N–H and O–H groups in total. The van der Waals surface area contributed by atoms with Gasteiger partial charge in [-0.05, 0) is 18.6 Å². The second-order valence-corrected chi connectivity index (χ2v) is 4.41. The molecule has 0 aliphatic heterocycles. The van der Waals surface area contributed by atoms with E-state index in [0.717, 1.165) is 0 Å². The summed E-state index contributed by atoms with van der Waals surface area (Å²) >= 11 is 0. The molecule has 0 aliphatic carbocycles. The molecule has 0 radical (unpaired) electrons. The number of carbonyl (C=O) groups is 1. The second-order valence-electron chi connectivity index (χ2n) is 4.41. The highest BCUT2D eigenvalue weighted by Gasteiger charge is 2.08. The molecule has 0 aliphatic rings. The van der Waals surface area contributed by atoms with Crippen molar-refractivity contribution >= 4 is 11.6 Å². The van der Waals surface area contributed by atoms with Crippen LogP contribution in [-0.2, 0) is 17.8 Å². The van der Waals surface area contributed by atoms with Crippen molar-refractivity contribution < 1.29 is 4.79 Å². The van der Waals surface area contributed by atoms with Crippen molar-refractivity contribution in [3.63, 3.8) is 0 Å². The molecule has 1 aromatic carbocycles. The van der Waals surface area contributed by atoms with Crippen LogP contribution in [0.25, 0.3) is 0 Å². The van der Waals surface area contributed by atoms with E-state index in [0.29, 0.717) is 23.4 Å². The molecule has 0 saturated heterocycles. The smallest absolute Gasteiger partial charge is 0.253 e. The lowest BCUT2D eigenvalue weighted by atomic mass is 10.2. The third-order valence-electron chi connectivity index (χ3n) is 2.93. The number of benzene rings is 1. The van der Waals surface area contributed by atoms with Gasteiger partial charge in [0.25, 0.3) is 5.56 Å². The van der Waals surface area contributed by atoms with E-state index >= 15 is 0 Å². The highest BCUT2D eigenvalue weighted by Crippen LogP contribution is 2.13. The first-order chi connectivity index (χ1) is 10.1. The maximum Gasteiger partial charge on any atom is 0.253 e. The first kappa shape index (κ1) is 14.5. The average molecular weight is 282 g/mol. The van der Waals surface area contributed by atoms with Gasteiger partial charge in [0.05, 0.1) is 17.6 Å². The van der Waals surface area contributed by atoms with Crippen molar-refractivity contribution in [2.75, 3.05) is 5.32 Å². The Morgan fingerprint density at radius 1 is 1.43 bits per heavy atom. The van der Waals surface area contributed by atoms with E-state index in [9.17, 15) is 9.59 Å². The number of hydrogen-bond donors (Lipinski definition) is 1. The number of nitrogens with zero attached hydrogens (tertiary/aromatic N) is 3. The Hall–Kier alpha value is -2.94. The Labute approximate surface area is 121 Å². The minimum Gasteiger partial charge on any atom is -0.323 e. The third-order valence-corrected chi connectivity index (χ3v) is 2.93. The predicted octanol–water partition coefficient (Wildman–Crippen LogP) is 1.32. The van der Waals surface area contributed by atoms with Crippen LogP contribution in [0.15, 0.2) is 41.5 Å². The molecule has 2 rings (SSSR count). The van der Waals surface area contributed by atoms with Gasteiger partial charge in [-0.1, -0.05) is 19.1 Å². The number of nitriles is 1. The maximum absolute atomic E-state index is 11.9. The van der Waals surface area contributed by atoms with Crippen molar-refractivity contribution in [2.24, 2.45) is 0 Å². The number of nitrogens with one attached hydrogen (secondary N) is 1. The largest absolute Gasteiger partial charge is 0.323 e. The molecular formula is C15H14N4O2. The van der Waals surface area contributed by atoms with Crippen molar-refractivity contribution in [1.82, 2.24) is 9.55 Å². The van der Waals surface area contributed by atoms with Gasteiger partial charge >= 0.3 is 0 Å². The first-order valence-electron chi connectivity index (χ1n) is 6.48. The van der Waals surface area contributed by atoms with Gasteiger partial charge in [-0.2, -0.15) is 5.26 Å². The molecule has 106 valence electrons. The van der Waals surface area contributed by atoms with Crippen LogP contribution >= 0.6 is 0 Å². The Morgan fingerprint density at radius 2 is 2.19 bits per heavy atom. The van der Waals surface area contributed by atoms with Gasteiger partial charge < -0.3 is 5.32 Å². The summed E-state index contributed by atoms with van der Waals surface area (Å²) in [6.45, 7) is 1.76. The predicted molar refractivity (Wildman–Crippen MR) is 77.7 cm³/mol. The molecule has 0 atom stereocenters. The topological polar surface area (TPSA) is 87.8 Å². The van der Waals surface area contributed by atoms with Gasteiger partial charge in [-0.25, -0.2) is 4.98 Å². The Bertz CT molecular complexity index is 759. The van der Waals surface area contributed by atoms with Gasteiger partial charge in [0.2, 0.25) is 5.91 Å². The lowest BCUT2D eigenvalue weighted by molar-refractivity contribution is -0.116. The van der Waals surface area contributed by atoms with Crippen LogP contribution in [0.2, 0.25) is 0 Å². The Kier molecular flexibility index (Phi) is 4.46. The number of aryl methyl sites for hydroxylation is 1. The normalized spacial score (nSPS) is 9.90. The van der Waals surface area contributed by atoms with Crippen molar-refractivity contribution in [2.45, 2.75) is 19.9 Å². The molecule has 1 heterocycles. The second kappa shape index (κ2) is 6.48. The highest BCUT2D eigenvalue weighted by molar-refractivity contribution is 5.91. The molecule has 0 bridgehead atoms. The molecule has 0 spiro atoms. The molecule has 0 unspecified atom stereocenters. The zero-order chi connectivity index (χ0) is 15.2. The van der Waals surface area contributed by atoms with Crippen LogP contribution in [0.3, 0.4) is 0 Å². The lowest BCUT2D eigenvalue weighted by Crippen LogP contribution is -2.28. The summed E-state index contributed by atoms with van der Waals surface area (Å²) in [6, 6.07) is 10.1. The lowest BCUT2D eigenvalue weighted by Gasteiger charge is -2.08. The number of hydrogen-bond acceptors (Lipinski definition) is 4. The maximum atomic E-state index is 11.9. The molecular weight excluding hydrogens is 268 g/mol. The van der Waals surface area contributed by atoms with Gasteiger partial charge in [0.15, 0.2) is 0 Å². The van der Waals surface area contributed by atoms with Gasteiger partial charge in [0, 0.05) is 11.8 Å². The van der Waals surface area contributed by atoms with Crippen molar-refractivity contribution in [3.8, 4) is 6.07 Å². The van der Waals surface area contributed by atoms with Crippen LogP contribution in [0.1, 0.15) is 18.2 Å². The fourth-order valence-corrected chi connectivity index (χ4v) is 1.81. The van der Waals surface area contributed by atoms with E-state index in [1.165, 1.54) is 17.0 Å². The summed E-state index contributed by atoms with van der Waals surface area (Å²) in [5.74, 6) is -0.383. The van der Waals surface area contributed by atoms with Gasteiger partial charge in [-0.3, -0.25) is 14.2 Å². The van der Waals surface area contributed by atoms with E-state index in [-0.39, 0.29) is 18.0 Å². The van der Waals surface area contributed by atoms with Crippen molar-refractivity contribution in [3.05, 3.63) is 58.3 Å². The number of anilines is 1. The van der Waals surface area contributed by atoms with E-state index in [1.54, 1.807) is 24.3 Å². The summed E-state index contributed by atoms with van der Waals surface area (Å²) in [6.07, 6.45) is 2.02. The summed E-state index contributed by atoms with van der Waals surface area (Å²) in [5.41, 5.74) is 1.21. The zero-order valence-electron chi connectivity index (χ0n) is 11.5. The fraction of sp³-hybridized carbons (Fsp3) is 0.200. The molecule has 2 aromatic rings. The SMILES string of the molecule is CCc1cc(=O)n(CC(=O)Nc2ccccc2C#N)cn1. The summed E-state index contributed by atoms with van der Waals surface area (Å²) in [5, 5.41) is 11.6.